The van der Waals surface area contributed by atoms with Crippen LogP contribution in [-0.2, 0) is 6.54 Å². The van der Waals surface area contributed by atoms with E-state index in [-0.39, 0.29) is 11.2 Å². The summed E-state index contributed by atoms with van der Waals surface area (Å²) in [4.78, 5) is 0. The Morgan fingerprint density at radius 1 is 1.15 bits per heavy atom. The predicted molar refractivity (Wildman–Crippen MR) is 73.5 cm³/mol. The van der Waals surface area contributed by atoms with Gasteiger partial charge < -0.3 is 10.1 Å². The first kappa shape index (κ1) is 16.8. The van der Waals surface area contributed by atoms with E-state index in [4.69, 9.17) is 0 Å². The summed E-state index contributed by atoms with van der Waals surface area (Å²) in [6, 6.07) is 6.20. The van der Waals surface area contributed by atoms with Crippen LogP contribution in [0.3, 0.4) is 0 Å². The van der Waals surface area contributed by atoms with Crippen molar-refractivity contribution in [1.82, 2.24) is 5.32 Å². The standard InChI is InChI=1S/C15H22F3NO/c1-11(14(2,3)4)9-19-10-12-7-5-6-8-13(12)20-15(16,17)18/h5-8,11,19H,9-10H2,1-4H3. The van der Waals surface area contributed by atoms with Gasteiger partial charge in [-0.3, -0.25) is 0 Å². The van der Waals surface area contributed by atoms with Crippen molar-refractivity contribution in [2.75, 3.05) is 6.54 Å². The Kier molecular flexibility index (Phi) is 5.45. The second-order valence-electron chi connectivity index (χ2n) is 6.05. The Labute approximate surface area is 118 Å². The van der Waals surface area contributed by atoms with Gasteiger partial charge in [0.25, 0.3) is 0 Å². The number of alkyl halides is 3. The highest BCUT2D eigenvalue weighted by atomic mass is 19.4. The van der Waals surface area contributed by atoms with Gasteiger partial charge >= 0.3 is 6.36 Å². The third-order valence-electron chi connectivity index (χ3n) is 3.44. The van der Waals surface area contributed by atoms with Crippen LogP contribution in [0.2, 0.25) is 0 Å². The number of hydrogen-bond donors (Lipinski definition) is 1. The minimum absolute atomic E-state index is 0.143. The summed E-state index contributed by atoms with van der Waals surface area (Å²) in [6.45, 7) is 9.63. The Hall–Kier alpha value is -1.23. The smallest absolute Gasteiger partial charge is 0.405 e. The summed E-state index contributed by atoms with van der Waals surface area (Å²) in [5, 5.41) is 3.19. The molecule has 0 spiro atoms. The zero-order valence-electron chi connectivity index (χ0n) is 12.3. The molecule has 0 saturated heterocycles. The molecule has 0 heterocycles. The molecular formula is C15H22F3NO. The zero-order chi connectivity index (χ0) is 15.4. The molecule has 0 aliphatic heterocycles. The number of halogens is 3. The maximum Gasteiger partial charge on any atom is 0.573 e. The van der Waals surface area contributed by atoms with Crippen LogP contribution in [0.5, 0.6) is 5.75 Å². The van der Waals surface area contributed by atoms with Gasteiger partial charge in [0.05, 0.1) is 0 Å². The number of hydrogen-bond acceptors (Lipinski definition) is 2. The first-order valence-corrected chi connectivity index (χ1v) is 6.64. The van der Waals surface area contributed by atoms with E-state index in [1.54, 1.807) is 12.1 Å². The van der Waals surface area contributed by atoms with Crippen molar-refractivity contribution in [2.45, 2.75) is 40.6 Å². The lowest BCUT2D eigenvalue weighted by Gasteiger charge is -2.27. The summed E-state index contributed by atoms with van der Waals surface area (Å²) >= 11 is 0. The Bertz CT molecular complexity index is 424. The van der Waals surface area contributed by atoms with Crippen LogP contribution < -0.4 is 10.1 Å². The van der Waals surface area contributed by atoms with Crippen LogP contribution in [0.15, 0.2) is 24.3 Å². The van der Waals surface area contributed by atoms with Gasteiger partial charge in [-0.15, -0.1) is 13.2 Å². The molecule has 0 saturated carbocycles. The van der Waals surface area contributed by atoms with Crippen molar-refractivity contribution in [3.05, 3.63) is 29.8 Å². The Morgan fingerprint density at radius 2 is 1.75 bits per heavy atom. The lowest BCUT2D eigenvalue weighted by molar-refractivity contribution is -0.274. The summed E-state index contributed by atoms with van der Waals surface area (Å²) in [6.07, 6.45) is -4.66. The molecule has 0 aromatic heterocycles. The van der Waals surface area contributed by atoms with Crippen molar-refractivity contribution in [3.63, 3.8) is 0 Å². The Morgan fingerprint density at radius 3 is 2.30 bits per heavy atom. The highest BCUT2D eigenvalue weighted by molar-refractivity contribution is 5.33. The van der Waals surface area contributed by atoms with Crippen LogP contribution in [0.4, 0.5) is 13.2 Å². The molecule has 0 aliphatic rings. The third kappa shape index (κ3) is 5.82. The van der Waals surface area contributed by atoms with E-state index < -0.39 is 6.36 Å². The molecule has 1 aromatic carbocycles. The minimum Gasteiger partial charge on any atom is -0.405 e. The van der Waals surface area contributed by atoms with Crippen molar-refractivity contribution < 1.29 is 17.9 Å². The molecule has 20 heavy (non-hydrogen) atoms. The van der Waals surface area contributed by atoms with Crippen LogP contribution in [-0.4, -0.2) is 12.9 Å². The van der Waals surface area contributed by atoms with Gasteiger partial charge in [0.2, 0.25) is 0 Å². The van der Waals surface area contributed by atoms with Gasteiger partial charge in [-0.2, -0.15) is 0 Å². The van der Waals surface area contributed by atoms with E-state index in [0.29, 0.717) is 18.0 Å². The quantitative estimate of drug-likeness (QED) is 0.869. The molecule has 5 heteroatoms. The molecule has 1 aromatic rings. The van der Waals surface area contributed by atoms with Gasteiger partial charge in [0.15, 0.2) is 0 Å². The van der Waals surface area contributed by atoms with Crippen molar-refractivity contribution in [3.8, 4) is 5.75 Å². The molecule has 114 valence electrons. The van der Waals surface area contributed by atoms with E-state index in [1.807, 2.05) is 0 Å². The highest BCUT2D eigenvalue weighted by Crippen LogP contribution is 2.27. The SMILES string of the molecule is CC(CNCc1ccccc1OC(F)(F)F)C(C)(C)C. The van der Waals surface area contributed by atoms with E-state index in [9.17, 15) is 13.2 Å². The van der Waals surface area contributed by atoms with Gasteiger partial charge in [0, 0.05) is 12.1 Å². The van der Waals surface area contributed by atoms with Gasteiger partial charge in [-0.05, 0) is 23.9 Å². The molecule has 1 rings (SSSR count). The van der Waals surface area contributed by atoms with E-state index in [1.165, 1.54) is 12.1 Å². The lowest BCUT2D eigenvalue weighted by Crippen LogP contribution is -2.29. The number of rotatable bonds is 5. The number of benzene rings is 1. The van der Waals surface area contributed by atoms with Crippen molar-refractivity contribution in [1.29, 1.82) is 0 Å². The van der Waals surface area contributed by atoms with Crippen LogP contribution in [0.25, 0.3) is 0 Å². The molecule has 1 atom stereocenters. The summed E-state index contributed by atoms with van der Waals surface area (Å²) in [5.74, 6) is 0.272. The van der Waals surface area contributed by atoms with E-state index in [0.717, 1.165) is 6.54 Å². The zero-order valence-corrected chi connectivity index (χ0v) is 12.3. The molecule has 0 amide bonds. The average molecular weight is 289 g/mol. The maximum absolute atomic E-state index is 12.3. The van der Waals surface area contributed by atoms with E-state index in [2.05, 4.69) is 37.7 Å². The molecule has 0 bridgehead atoms. The fraction of sp³-hybridized carbons (Fsp3) is 0.600. The normalized spacial score (nSPS) is 14.2. The molecule has 1 unspecified atom stereocenters. The molecular weight excluding hydrogens is 267 g/mol. The van der Waals surface area contributed by atoms with Crippen LogP contribution in [0.1, 0.15) is 33.3 Å². The molecule has 0 radical (unpaired) electrons. The van der Waals surface area contributed by atoms with E-state index >= 15 is 0 Å². The topological polar surface area (TPSA) is 21.3 Å². The fourth-order valence-electron chi connectivity index (χ4n) is 1.60. The van der Waals surface area contributed by atoms with Gasteiger partial charge in [-0.25, -0.2) is 0 Å². The largest absolute Gasteiger partial charge is 0.573 e. The first-order valence-electron chi connectivity index (χ1n) is 6.64. The fourth-order valence-corrected chi connectivity index (χ4v) is 1.60. The van der Waals surface area contributed by atoms with Crippen LogP contribution in [0, 0.1) is 11.3 Å². The number of nitrogens with one attached hydrogen (secondary N) is 1. The Balaban J connectivity index is 2.60. The average Bonchev–Trinajstić information content (AvgIpc) is 2.28. The second-order valence-corrected chi connectivity index (χ2v) is 6.05. The summed E-state index contributed by atoms with van der Waals surface area (Å²) < 4.78 is 40.9. The minimum atomic E-state index is -4.66. The summed E-state index contributed by atoms with van der Waals surface area (Å²) in [5.41, 5.74) is 0.667. The molecule has 1 N–H and O–H groups in total. The van der Waals surface area contributed by atoms with Crippen molar-refractivity contribution >= 4 is 0 Å². The van der Waals surface area contributed by atoms with Gasteiger partial charge in [-0.1, -0.05) is 45.9 Å². The highest BCUT2D eigenvalue weighted by Gasteiger charge is 2.31. The lowest BCUT2D eigenvalue weighted by atomic mass is 9.82. The number of ether oxygens (including phenoxy) is 1. The second kappa shape index (κ2) is 6.48. The molecule has 2 nitrogen and oxygen atoms in total. The summed E-state index contributed by atoms with van der Waals surface area (Å²) in [7, 11) is 0. The number of para-hydroxylation sites is 1. The third-order valence-corrected chi connectivity index (χ3v) is 3.44. The maximum atomic E-state index is 12.3. The first-order chi connectivity index (χ1) is 9.09. The predicted octanol–water partition coefficient (Wildman–Crippen LogP) is 4.36. The van der Waals surface area contributed by atoms with Gasteiger partial charge in [0.1, 0.15) is 5.75 Å². The molecule has 0 fully saturated rings. The molecule has 0 aliphatic carbocycles. The van der Waals surface area contributed by atoms with Crippen molar-refractivity contribution in [2.24, 2.45) is 11.3 Å². The van der Waals surface area contributed by atoms with Crippen LogP contribution >= 0.6 is 0 Å². The monoisotopic (exact) mass is 289 g/mol.